The second-order valence-corrected chi connectivity index (χ2v) is 8.40. The molecule has 2 N–H and O–H groups in total. The van der Waals surface area contributed by atoms with Crippen LogP contribution in [0.15, 0.2) is 94.5 Å². The molecule has 0 spiro atoms. The van der Waals surface area contributed by atoms with Crippen molar-refractivity contribution in [2.45, 2.75) is 13.0 Å². The summed E-state index contributed by atoms with van der Waals surface area (Å²) in [6, 6.07) is 25.7. The van der Waals surface area contributed by atoms with E-state index in [2.05, 4.69) is 10.3 Å². The smallest absolute Gasteiger partial charge is 0.333 e. The van der Waals surface area contributed by atoms with Gasteiger partial charge >= 0.3 is 5.69 Å². The molecule has 168 valence electrons. The van der Waals surface area contributed by atoms with Crippen LogP contribution >= 0.6 is 11.6 Å². The highest BCUT2D eigenvalue weighted by Crippen LogP contribution is 2.19. The number of hydrogen-bond donors (Lipinski definition) is 2. The van der Waals surface area contributed by atoms with Crippen molar-refractivity contribution in [2.75, 3.05) is 0 Å². The first-order valence-electron chi connectivity index (χ1n) is 10.8. The topological polar surface area (TPSA) is 84.0 Å². The average Bonchev–Trinajstić information content (AvgIpc) is 2.83. The van der Waals surface area contributed by atoms with Gasteiger partial charge in [-0.05, 0) is 46.2 Å². The highest BCUT2D eigenvalue weighted by Gasteiger charge is 2.12. The van der Waals surface area contributed by atoms with E-state index in [4.69, 9.17) is 11.6 Å². The van der Waals surface area contributed by atoms with Crippen LogP contribution in [0.5, 0.6) is 0 Å². The third kappa shape index (κ3) is 4.11. The van der Waals surface area contributed by atoms with Gasteiger partial charge in [-0.2, -0.15) is 0 Å². The number of aromatic nitrogens is 2. The lowest BCUT2D eigenvalue weighted by molar-refractivity contribution is -0.120. The first kappa shape index (κ1) is 21.7. The number of hydrogen-bond acceptors (Lipinski definition) is 3. The van der Waals surface area contributed by atoms with E-state index in [1.165, 1.54) is 0 Å². The van der Waals surface area contributed by atoms with Gasteiger partial charge in [-0.1, -0.05) is 72.3 Å². The summed E-state index contributed by atoms with van der Waals surface area (Å²) in [5.74, 6) is -0.117. The first-order chi connectivity index (χ1) is 16.5. The van der Waals surface area contributed by atoms with Crippen molar-refractivity contribution in [1.29, 1.82) is 0 Å². The van der Waals surface area contributed by atoms with E-state index in [0.717, 1.165) is 26.5 Å². The maximum absolute atomic E-state index is 12.9. The van der Waals surface area contributed by atoms with E-state index in [9.17, 15) is 14.4 Å². The summed E-state index contributed by atoms with van der Waals surface area (Å²) < 4.78 is 1.04. The summed E-state index contributed by atoms with van der Waals surface area (Å²) in [5.41, 5.74) is 1.55. The Morgan fingerprint density at radius 3 is 2.44 bits per heavy atom. The Bertz CT molecular complexity index is 1650. The van der Waals surface area contributed by atoms with E-state index in [1.807, 2.05) is 42.5 Å². The second kappa shape index (κ2) is 9.00. The number of H-pyrrole nitrogens is 1. The van der Waals surface area contributed by atoms with Gasteiger partial charge < -0.3 is 10.3 Å². The van der Waals surface area contributed by atoms with Crippen LogP contribution in [0.1, 0.15) is 11.1 Å². The van der Waals surface area contributed by atoms with Crippen LogP contribution in [0.2, 0.25) is 5.02 Å². The molecule has 34 heavy (non-hydrogen) atoms. The highest BCUT2D eigenvalue weighted by atomic mass is 35.5. The largest absolute Gasteiger partial charge is 0.352 e. The predicted octanol–water partition coefficient (Wildman–Crippen LogP) is 4.34. The van der Waals surface area contributed by atoms with Crippen LogP contribution in [-0.2, 0) is 17.8 Å². The molecule has 1 heterocycles. The third-order valence-corrected chi connectivity index (χ3v) is 6.11. The van der Waals surface area contributed by atoms with Crippen molar-refractivity contribution in [2.24, 2.45) is 0 Å². The number of carbonyl (C=O) groups excluding carboxylic acids is 1. The van der Waals surface area contributed by atoms with E-state index >= 15 is 0 Å². The molecule has 0 fully saturated rings. The fourth-order valence-corrected chi connectivity index (χ4v) is 4.36. The Kier molecular flexibility index (Phi) is 5.74. The summed E-state index contributed by atoms with van der Waals surface area (Å²) in [5, 5.41) is 5.73. The van der Waals surface area contributed by atoms with E-state index in [-0.39, 0.29) is 22.7 Å². The Balaban J connectivity index is 1.33. The zero-order chi connectivity index (χ0) is 23.7. The minimum absolute atomic E-state index is 0.117. The zero-order valence-electron chi connectivity index (χ0n) is 18.0. The van der Waals surface area contributed by atoms with Gasteiger partial charge in [-0.15, -0.1) is 0 Å². The maximum Gasteiger partial charge on any atom is 0.333 e. The van der Waals surface area contributed by atoms with Crippen molar-refractivity contribution in [3.8, 4) is 5.69 Å². The molecule has 0 unspecified atom stereocenters. The van der Waals surface area contributed by atoms with Crippen LogP contribution in [0.25, 0.3) is 27.4 Å². The van der Waals surface area contributed by atoms with Gasteiger partial charge in [0, 0.05) is 6.54 Å². The Labute approximate surface area is 199 Å². The molecule has 5 aromatic rings. The number of benzene rings is 4. The fourth-order valence-electron chi connectivity index (χ4n) is 4.11. The molecule has 7 heteroatoms. The molecule has 0 atom stereocenters. The summed E-state index contributed by atoms with van der Waals surface area (Å²) in [6.45, 7) is 0.431. The first-order valence-corrected chi connectivity index (χ1v) is 11.2. The average molecular weight is 470 g/mol. The number of nitrogens with zero attached hydrogens (tertiary/aromatic N) is 1. The van der Waals surface area contributed by atoms with Crippen molar-refractivity contribution >= 4 is 39.2 Å². The molecule has 6 nitrogen and oxygen atoms in total. The van der Waals surface area contributed by atoms with Crippen LogP contribution in [0, 0.1) is 0 Å². The molecule has 1 amide bonds. The number of halogens is 1. The summed E-state index contributed by atoms with van der Waals surface area (Å²) in [4.78, 5) is 40.7. The molecule has 0 bridgehead atoms. The number of nitrogens with one attached hydrogen (secondary N) is 2. The molecule has 0 radical (unpaired) electrons. The minimum atomic E-state index is -0.555. The number of aromatic amines is 1. The van der Waals surface area contributed by atoms with Gasteiger partial charge in [0.2, 0.25) is 5.91 Å². The monoisotopic (exact) mass is 469 g/mol. The highest BCUT2D eigenvalue weighted by molar-refractivity contribution is 6.35. The van der Waals surface area contributed by atoms with Crippen LogP contribution in [-0.4, -0.2) is 15.5 Å². The molecule has 4 aromatic carbocycles. The normalized spacial score (nSPS) is 11.1. The SMILES string of the molecule is O=C(Cc1ccc(-n2c(=O)[nH]c3cccc(Cl)c3c2=O)cc1)NCc1cccc2ccccc12. The Morgan fingerprint density at radius 2 is 1.62 bits per heavy atom. The Hall–Kier alpha value is -4.16. The maximum atomic E-state index is 12.9. The number of carbonyl (C=O) groups is 1. The molecule has 5 rings (SSSR count). The summed E-state index contributed by atoms with van der Waals surface area (Å²) in [6.07, 6.45) is 0.180. The predicted molar refractivity (Wildman–Crippen MR) is 135 cm³/mol. The van der Waals surface area contributed by atoms with Gasteiger partial charge in [0.25, 0.3) is 5.56 Å². The van der Waals surface area contributed by atoms with Crippen molar-refractivity contribution in [3.63, 3.8) is 0 Å². The molecule has 1 aromatic heterocycles. The van der Waals surface area contributed by atoms with E-state index in [1.54, 1.807) is 42.5 Å². The molecule has 0 aliphatic rings. The van der Waals surface area contributed by atoms with Crippen molar-refractivity contribution in [3.05, 3.63) is 122 Å². The zero-order valence-corrected chi connectivity index (χ0v) is 18.8. The van der Waals surface area contributed by atoms with Gasteiger partial charge in [-0.3, -0.25) is 9.59 Å². The van der Waals surface area contributed by atoms with Gasteiger partial charge in [0.05, 0.1) is 28.0 Å². The van der Waals surface area contributed by atoms with Gasteiger partial charge in [-0.25, -0.2) is 9.36 Å². The molecular weight excluding hydrogens is 450 g/mol. The van der Waals surface area contributed by atoms with Crippen LogP contribution < -0.4 is 16.6 Å². The fraction of sp³-hybridized carbons (Fsp3) is 0.0741. The van der Waals surface area contributed by atoms with E-state index in [0.29, 0.717) is 17.7 Å². The third-order valence-electron chi connectivity index (χ3n) is 5.79. The summed E-state index contributed by atoms with van der Waals surface area (Å²) in [7, 11) is 0. The lowest BCUT2D eigenvalue weighted by atomic mass is 10.0. The quantitative estimate of drug-likeness (QED) is 0.401. The van der Waals surface area contributed by atoms with Crippen molar-refractivity contribution in [1.82, 2.24) is 14.9 Å². The van der Waals surface area contributed by atoms with Crippen LogP contribution in [0.4, 0.5) is 0 Å². The molecule has 0 aliphatic carbocycles. The molecule has 0 saturated heterocycles. The molecule has 0 aliphatic heterocycles. The number of fused-ring (bicyclic) bond motifs is 2. The minimum Gasteiger partial charge on any atom is -0.352 e. The molecule has 0 saturated carbocycles. The Morgan fingerprint density at radius 1 is 0.882 bits per heavy atom. The lowest BCUT2D eigenvalue weighted by Crippen LogP contribution is -2.33. The van der Waals surface area contributed by atoms with Crippen molar-refractivity contribution < 1.29 is 4.79 Å². The molecular formula is C27H20ClN3O3. The van der Waals surface area contributed by atoms with Gasteiger partial charge in [0.1, 0.15) is 0 Å². The standard InChI is InChI=1S/C27H20ClN3O3/c28-22-9-4-10-23-25(22)26(33)31(27(34)30-23)20-13-11-17(12-14-20)15-24(32)29-16-19-7-3-6-18-5-1-2-8-21(18)19/h1-14H,15-16H2,(H,29,32)(H,30,34). The van der Waals surface area contributed by atoms with Crippen LogP contribution in [0.3, 0.4) is 0 Å². The second-order valence-electron chi connectivity index (χ2n) is 7.99. The van der Waals surface area contributed by atoms with E-state index < -0.39 is 11.2 Å². The lowest BCUT2D eigenvalue weighted by Gasteiger charge is -2.10. The summed E-state index contributed by atoms with van der Waals surface area (Å²) >= 11 is 6.18. The van der Waals surface area contributed by atoms with Gasteiger partial charge in [0.15, 0.2) is 0 Å². The number of amides is 1. The number of rotatable bonds is 5.